The number of benzene rings is 1. The van der Waals surface area contributed by atoms with Crippen LogP contribution in [0.15, 0.2) is 35.5 Å². The maximum Gasteiger partial charge on any atom is 0.243 e. The Morgan fingerprint density at radius 2 is 2.20 bits per heavy atom. The number of nitrogens with two attached hydrogens (primary N) is 1. The van der Waals surface area contributed by atoms with Gasteiger partial charge >= 0.3 is 0 Å². The van der Waals surface area contributed by atoms with Crippen LogP contribution in [-0.4, -0.2) is 24.7 Å². The number of aromatic nitrogens is 2. The van der Waals surface area contributed by atoms with E-state index >= 15 is 0 Å². The van der Waals surface area contributed by atoms with E-state index in [0.29, 0.717) is 6.54 Å². The number of rotatable bonds is 5. The molecule has 20 heavy (non-hydrogen) atoms. The second-order valence-corrected chi connectivity index (χ2v) is 6.12. The predicted molar refractivity (Wildman–Crippen MR) is 73.2 cm³/mol. The summed E-state index contributed by atoms with van der Waals surface area (Å²) in [6.45, 7) is 0.389. The highest BCUT2D eigenvalue weighted by molar-refractivity contribution is 7.89. The van der Waals surface area contributed by atoms with Gasteiger partial charge in [0.25, 0.3) is 0 Å². The minimum absolute atomic E-state index is 0.0653. The van der Waals surface area contributed by atoms with Crippen LogP contribution in [0.1, 0.15) is 0 Å². The number of anilines is 1. The van der Waals surface area contributed by atoms with Crippen molar-refractivity contribution in [2.75, 3.05) is 12.3 Å². The summed E-state index contributed by atoms with van der Waals surface area (Å²) in [5.74, 6) is -1.02. The van der Waals surface area contributed by atoms with E-state index < -0.39 is 20.7 Å². The lowest BCUT2D eigenvalue weighted by atomic mass is 10.3. The van der Waals surface area contributed by atoms with Crippen molar-refractivity contribution in [1.29, 1.82) is 0 Å². The summed E-state index contributed by atoms with van der Waals surface area (Å²) in [6, 6.07) is 3.89. The molecule has 1 heterocycles. The lowest BCUT2D eigenvalue weighted by Crippen LogP contribution is -2.28. The van der Waals surface area contributed by atoms with Crippen molar-refractivity contribution >= 4 is 27.3 Å². The molecular formula is C11H12ClFN4O2S. The SMILES string of the molecule is Nc1cc(Cl)c(F)c(S(=O)(=O)NCCn2cccn2)c1. The van der Waals surface area contributed by atoms with E-state index in [0.717, 1.165) is 12.1 Å². The van der Waals surface area contributed by atoms with Crippen LogP contribution >= 0.6 is 11.6 Å². The molecule has 0 amide bonds. The van der Waals surface area contributed by atoms with Crippen molar-refractivity contribution in [2.45, 2.75) is 11.4 Å². The second-order valence-electron chi connectivity index (χ2n) is 3.98. The number of nitrogens with one attached hydrogen (secondary N) is 1. The highest BCUT2D eigenvalue weighted by atomic mass is 35.5. The summed E-state index contributed by atoms with van der Waals surface area (Å²) in [5, 5.41) is 3.59. The normalized spacial score (nSPS) is 11.7. The number of sulfonamides is 1. The molecule has 6 nitrogen and oxygen atoms in total. The molecule has 2 rings (SSSR count). The van der Waals surface area contributed by atoms with Crippen molar-refractivity contribution in [3.05, 3.63) is 41.4 Å². The van der Waals surface area contributed by atoms with Gasteiger partial charge in [0.05, 0.1) is 11.6 Å². The van der Waals surface area contributed by atoms with E-state index in [9.17, 15) is 12.8 Å². The average molecular weight is 319 g/mol. The smallest absolute Gasteiger partial charge is 0.243 e. The first-order valence-corrected chi connectivity index (χ1v) is 7.48. The van der Waals surface area contributed by atoms with Gasteiger partial charge in [0.15, 0.2) is 5.82 Å². The van der Waals surface area contributed by atoms with Crippen LogP contribution in [-0.2, 0) is 16.6 Å². The van der Waals surface area contributed by atoms with Crippen molar-refractivity contribution in [3.8, 4) is 0 Å². The van der Waals surface area contributed by atoms with Gasteiger partial charge in [-0.25, -0.2) is 17.5 Å². The summed E-state index contributed by atoms with van der Waals surface area (Å²) in [5.41, 5.74) is 5.55. The molecular weight excluding hydrogens is 307 g/mol. The van der Waals surface area contributed by atoms with Gasteiger partial charge in [-0.1, -0.05) is 11.6 Å². The molecule has 1 aromatic heterocycles. The quantitative estimate of drug-likeness (QED) is 0.811. The fourth-order valence-corrected chi connectivity index (χ4v) is 3.02. The fraction of sp³-hybridized carbons (Fsp3) is 0.182. The Balaban J connectivity index is 2.14. The van der Waals surface area contributed by atoms with E-state index in [1.54, 1.807) is 23.1 Å². The Morgan fingerprint density at radius 1 is 1.45 bits per heavy atom. The Bertz CT molecular complexity index is 703. The number of nitrogen functional groups attached to an aromatic ring is 1. The van der Waals surface area contributed by atoms with Gasteiger partial charge in [-0.05, 0) is 18.2 Å². The molecule has 108 valence electrons. The minimum Gasteiger partial charge on any atom is -0.399 e. The lowest BCUT2D eigenvalue weighted by Gasteiger charge is -2.09. The fourth-order valence-electron chi connectivity index (χ4n) is 1.58. The summed E-state index contributed by atoms with van der Waals surface area (Å²) in [7, 11) is -4.02. The van der Waals surface area contributed by atoms with Gasteiger partial charge in [-0.2, -0.15) is 5.10 Å². The van der Waals surface area contributed by atoms with Crippen LogP contribution in [0, 0.1) is 5.82 Å². The second kappa shape index (κ2) is 5.78. The standard InChI is InChI=1S/C11H12ClFN4O2S/c12-9-6-8(14)7-10(11(9)13)20(18,19)16-3-5-17-4-1-2-15-17/h1-2,4,6-7,16H,3,5,14H2. The summed E-state index contributed by atoms with van der Waals surface area (Å²) < 4.78 is 41.5. The third-order valence-corrected chi connectivity index (χ3v) is 4.23. The number of hydrogen-bond donors (Lipinski definition) is 2. The Hall–Kier alpha value is -1.64. The van der Waals surface area contributed by atoms with Crippen LogP contribution in [0.5, 0.6) is 0 Å². The molecule has 1 aromatic carbocycles. The number of hydrogen-bond acceptors (Lipinski definition) is 4. The third kappa shape index (κ3) is 3.27. The van der Waals surface area contributed by atoms with Gasteiger partial charge in [0, 0.05) is 24.6 Å². The molecule has 0 saturated carbocycles. The first-order valence-electron chi connectivity index (χ1n) is 5.62. The zero-order chi connectivity index (χ0) is 14.8. The molecule has 0 radical (unpaired) electrons. The average Bonchev–Trinajstić information content (AvgIpc) is 2.86. The Kier molecular flexibility index (Phi) is 4.26. The van der Waals surface area contributed by atoms with Crippen molar-refractivity contribution < 1.29 is 12.8 Å². The molecule has 0 atom stereocenters. The predicted octanol–water partition coefficient (Wildman–Crippen LogP) is 1.24. The van der Waals surface area contributed by atoms with Crippen LogP contribution in [0.3, 0.4) is 0 Å². The van der Waals surface area contributed by atoms with Gasteiger partial charge in [0.1, 0.15) is 4.90 Å². The van der Waals surface area contributed by atoms with Crippen molar-refractivity contribution in [3.63, 3.8) is 0 Å². The molecule has 2 aromatic rings. The lowest BCUT2D eigenvalue weighted by molar-refractivity contribution is 0.545. The van der Waals surface area contributed by atoms with Crippen molar-refractivity contribution in [1.82, 2.24) is 14.5 Å². The monoisotopic (exact) mass is 318 g/mol. The van der Waals surface area contributed by atoms with E-state index in [1.807, 2.05) is 0 Å². The number of nitrogens with zero attached hydrogens (tertiary/aromatic N) is 2. The van der Waals surface area contributed by atoms with Crippen LogP contribution in [0.4, 0.5) is 10.1 Å². The van der Waals surface area contributed by atoms with E-state index in [2.05, 4.69) is 9.82 Å². The van der Waals surface area contributed by atoms with Gasteiger partial charge in [-0.15, -0.1) is 0 Å². The van der Waals surface area contributed by atoms with E-state index in [4.69, 9.17) is 17.3 Å². The largest absolute Gasteiger partial charge is 0.399 e. The Labute approximate surface area is 120 Å². The van der Waals surface area contributed by atoms with Gasteiger partial charge < -0.3 is 5.73 Å². The molecule has 9 heteroatoms. The molecule has 3 N–H and O–H groups in total. The van der Waals surface area contributed by atoms with Gasteiger partial charge in [-0.3, -0.25) is 4.68 Å². The minimum atomic E-state index is -4.02. The van der Waals surface area contributed by atoms with Crippen LogP contribution in [0.25, 0.3) is 0 Å². The zero-order valence-corrected chi connectivity index (χ0v) is 11.8. The molecule has 0 spiro atoms. The molecule has 0 bridgehead atoms. The van der Waals surface area contributed by atoms with Crippen LogP contribution < -0.4 is 10.5 Å². The highest BCUT2D eigenvalue weighted by Crippen LogP contribution is 2.25. The zero-order valence-electron chi connectivity index (χ0n) is 10.3. The van der Waals surface area contributed by atoms with Crippen molar-refractivity contribution in [2.24, 2.45) is 0 Å². The topological polar surface area (TPSA) is 90.0 Å². The van der Waals surface area contributed by atoms with E-state index in [1.165, 1.54) is 0 Å². The highest BCUT2D eigenvalue weighted by Gasteiger charge is 2.21. The third-order valence-electron chi connectivity index (χ3n) is 2.50. The summed E-state index contributed by atoms with van der Waals surface area (Å²) in [6.07, 6.45) is 3.26. The maximum absolute atomic E-state index is 13.8. The molecule has 0 fully saturated rings. The molecule has 0 saturated heterocycles. The maximum atomic E-state index is 13.8. The number of halogens is 2. The first kappa shape index (κ1) is 14.8. The van der Waals surface area contributed by atoms with Gasteiger partial charge in [0.2, 0.25) is 10.0 Å². The molecule has 0 aliphatic rings. The van der Waals surface area contributed by atoms with Crippen LogP contribution in [0.2, 0.25) is 5.02 Å². The molecule has 0 aliphatic carbocycles. The molecule has 0 unspecified atom stereocenters. The summed E-state index contributed by atoms with van der Waals surface area (Å²) >= 11 is 5.58. The molecule has 0 aliphatic heterocycles. The summed E-state index contributed by atoms with van der Waals surface area (Å²) in [4.78, 5) is -0.567. The van der Waals surface area contributed by atoms with E-state index in [-0.39, 0.29) is 17.3 Å². The first-order chi connectivity index (χ1) is 9.40. The Morgan fingerprint density at radius 3 is 2.85 bits per heavy atom.